The molecule has 2 aliphatic rings. The van der Waals surface area contributed by atoms with Crippen molar-refractivity contribution in [3.05, 3.63) is 62.9 Å². The second kappa shape index (κ2) is 11.2. The third-order valence-corrected chi connectivity index (χ3v) is 7.37. The van der Waals surface area contributed by atoms with Gasteiger partial charge in [-0.25, -0.2) is 17.5 Å². The molecule has 0 spiro atoms. The van der Waals surface area contributed by atoms with E-state index >= 15 is 0 Å². The molecule has 0 bridgehead atoms. The average molecular weight is 559 g/mol. The Morgan fingerprint density at radius 3 is 2.47 bits per heavy atom. The first kappa shape index (κ1) is 27.1. The number of piperidine rings is 1. The maximum atomic E-state index is 14.9. The quantitative estimate of drug-likeness (QED) is 0.469. The van der Waals surface area contributed by atoms with Gasteiger partial charge in [-0.2, -0.15) is 0 Å². The maximum absolute atomic E-state index is 14.9. The van der Waals surface area contributed by atoms with Crippen LogP contribution in [-0.2, 0) is 14.8 Å². The van der Waals surface area contributed by atoms with E-state index < -0.39 is 21.7 Å². The monoisotopic (exact) mass is 558 g/mol. The Labute approximate surface area is 220 Å². The zero-order valence-electron chi connectivity index (χ0n) is 20.1. The van der Waals surface area contributed by atoms with Crippen LogP contribution in [0.3, 0.4) is 0 Å². The highest BCUT2D eigenvalue weighted by atomic mass is 35.5. The molecule has 7 nitrogen and oxygen atoms in total. The molecular weight excluding hydrogens is 530 g/mol. The van der Waals surface area contributed by atoms with Crippen LogP contribution in [0.5, 0.6) is 5.75 Å². The number of methoxy groups -OCH3 is 1. The average Bonchev–Trinajstić information content (AvgIpc) is 3.61. The lowest BCUT2D eigenvalue weighted by Gasteiger charge is -2.38. The molecule has 1 N–H and O–H groups in total. The van der Waals surface area contributed by atoms with Gasteiger partial charge in [-0.1, -0.05) is 23.2 Å². The minimum absolute atomic E-state index is 0.0840. The van der Waals surface area contributed by atoms with E-state index in [-0.39, 0.29) is 23.6 Å². The van der Waals surface area contributed by atoms with Crippen molar-refractivity contribution in [3.8, 4) is 5.75 Å². The second-order valence-corrected chi connectivity index (χ2v) is 12.0. The van der Waals surface area contributed by atoms with Crippen LogP contribution in [0.4, 0.5) is 4.39 Å². The Morgan fingerprint density at radius 1 is 1.17 bits per heavy atom. The highest BCUT2D eigenvalue weighted by Crippen LogP contribution is 2.45. The van der Waals surface area contributed by atoms with Crippen molar-refractivity contribution >= 4 is 39.1 Å². The van der Waals surface area contributed by atoms with Crippen molar-refractivity contribution in [3.63, 3.8) is 0 Å². The molecule has 11 heteroatoms. The van der Waals surface area contributed by atoms with Gasteiger partial charge >= 0.3 is 0 Å². The molecular formula is C25H29Cl2FN2O5S. The minimum Gasteiger partial charge on any atom is -0.489 e. The Kier molecular flexibility index (Phi) is 8.46. The number of halogens is 3. The fraction of sp³-hybridized carbons (Fsp3) is 0.480. The number of nitrogens with one attached hydrogen (secondary N) is 1. The molecule has 1 heterocycles. The molecule has 1 amide bonds. The van der Waals surface area contributed by atoms with E-state index in [1.807, 2.05) is 16.9 Å². The number of benzene rings is 2. The molecule has 0 aromatic heterocycles. The Hall–Kier alpha value is -1.91. The number of hydrogen-bond acceptors (Lipinski definition) is 6. The van der Waals surface area contributed by atoms with Crippen LogP contribution in [0, 0.1) is 5.82 Å². The summed E-state index contributed by atoms with van der Waals surface area (Å²) < 4.78 is 51.5. The van der Waals surface area contributed by atoms with Crippen LogP contribution in [0.2, 0.25) is 10.0 Å². The molecule has 1 aliphatic heterocycles. The lowest BCUT2D eigenvalue weighted by molar-refractivity contribution is 0.0284. The lowest BCUT2D eigenvalue weighted by Crippen LogP contribution is -2.44. The predicted molar refractivity (Wildman–Crippen MR) is 137 cm³/mol. The van der Waals surface area contributed by atoms with Gasteiger partial charge in [0.25, 0.3) is 5.91 Å². The van der Waals surface area contributed by atoms with Crippen molar-refractivity contribution in [1.82, 2.24) is 9.62 Å². The number of likely N-dealkylation sites (tertiary alicyclic amines) is 1. The summed E-state index contributed by atoms with van der Waals surface area (Å²) >= 11 is 12.5. The summed E-state index contributed by atoms with van der Waals surface area (Å²) in [6.07, 6.45) is 4.10. The van der Waals surface area contributed by atoms with Gasteiger partial charge in [-0.05, 0) is 73.5 Å². The number of hydrogen-bond donors (Lipinski definition) is 1. The van der Waals surface area contributed by atoms with Crippen molar-refractivity contribution in [2.24, 2.45) is 0 Å². The fourth-order valence-electron chi connectivity index (χ4n) is 4.65. The lowest BCUT2D eigenvalue weighted by atomic mass is 10.0. The van der Waals surface area contributed by atoms with Crippen LogP contribution in [0.15, 0.2) is 30.3 Å². The fourth-order valence-corrected chi connectivity index (χ4v) is 5.64. The molecule has 1 aliphatic carbocycles. The Morgan fingerprint density at radius 2 is 1.86 bits per heavy atom. The highest BCUT2D eigenvalue weighted by Gasteiger charge is 2.33. The number of carbonyl (C=O) groups excluding carboxylic acids is 1. The van der Waals surface area contributed by atoms with E-state index in [9.17, 15) is 17.6 Å². The smallest absolute Gasteiger partial charge is 0.267 e. The van der Waals surface area contributed by atoms with Crippen LogP contribution in [0.25, 0.3) is 0 Å². The summed E-state index contributed by atoms with van der Waals surface area (Å²) in [5.41, 5.74) is 1.36. The maximum Gasteiger partial charge on any atom is 0.267 e. The van der Waals surface area contributed by atoms with E-state index in [0.717, 1.165) is 49.6 Å². The van der Waals surface area contributed by atoms with Gasteiger partial charge < -0.3 is 9.47 Å². The van der Waals surface area contributed by atoms with Gasteiger partial charge in [0.15, 0.2) is 0 Å². The van der Waals surface area contributed by atoms with Gasteiger partial charge in [0.2, 0.25) is 10.0 Å². The number of sulfonamides is 1. The van der Waals surface area contributed by atoms with E-state index in [0.29, 0.717) is 28.9 Å². The van der Waals surface area contributed by atoms with E-state index in [2.05, 4.69) is 4.90 Å². The third-order valence-electron chi connectivity index (χ3n) is 6.38. The molecule has 2 atom stereocenters. The first-order chi connectivity index (χ1) is 17.0. The molecule has 1 saturated carbocycles. The van der Waals surface area contributed by atoms with Crippen molar-refractivity contribution in [1.29, 1.82) is 0 Å². The van der Waals surface area contributed by atoms with Crippen LogP contribution in [-0.4, -0.2) is 58.4 Å². The normalized spacial score (nSPS) is 19.6. The topological polar surface area (TPSA) is 84.9 Å². The number of rotatable bonds is 9. The Balaban J connectivity index is 1.55. The number of ether oxygens (including phenoxy) is 2. The molecule has 1 saturated heterocycles. The van der Waals surface area contributed by atoms with Crippen LogP contribution < -0.4 is 9.46 Å². The van der Waals surface area contributed by atoms with Crippen molar-refractivity contribution < 1.29 is 27.1 Å². The number of carbonyl (C=O) groups is 1. The van der Waals surface area contributed by atoms with Gasteiger partial charge in [0, 0.05) is 29.8 Å². The summed E-state index contributed by atoms with van der Waals surface area (Å²) in [7, 11) is -2.17. The summed E-state index contributed by atoms with van der Waals surface area (Å²) in [5.74, 6) is -1.27. The first-order valence-electron chi connectivity index (χ1n) is 11.7. The summed E-state index contributed by atoms with van der Waals surface area (Å²) in [5, 5.41) is 1.10. The molecule has 196 valence electrons. The van der Waals surface area contributed by atoms with Crippen LogP contribution in [0.1, 0.15) is 59.1 Å². The van der Waals surface area contributed by atoms with E-state index in [1.165, 1.54) is 12.1 Å². The zero-order chi connectivity index (χ0) is 26.0. The van der Waals surface area contributed by atoms with E-state index in [1.54, 1.807) is 13.2 Å². The van der Waals surface area contributed by atoms with Gasteiger partial charge in [0.1, 0.15) is 17.7 Å². The second-order valence-electron chi connectivity index (χ2n) is 9.40. The molecule has 0 unspecified atom stereocenters. The van der Waals surface area contributed by atoms with Gasteiger partial charge in [-0.3, -0.25) is 9.69 Å². The number of amides is 1. The standard InChI is InChI=1S/C25H29Cl2FN2O5S/c1-34-14-23(16-8-17(26)10-18(27)9-16)30-7-3-4-19(13-30)35-24-12-22(28)21(11-20(24)15-5-6-15)25(31)29-36(2,32)33/h8-12,15,19,23H,3-7,13-14H2,1-2H3,(H,29,31)/t19-,23-/m1/s1. The minimum atomic E-state index is -3.82. The molecule has 4 rings (SSSR count). The third kappa shape index (κ3) is 6.89. The zero-order valence-corrected chi connectivity index (χ0v) is 22.4. The molecule has 2 fully saturated rings. The molecule has 36 heavy (non-hydrogen) atoms. The van der Waals surface area contributed by atoms with Gasteiger partial charge in [0.05, 0.1) is 24.5 Å². The largest absolute Gasteiger partial charge is 0.489 e. The van der Waals surface area contributed by atoms with Gasteiger partial charge in [-0.15, -0.1) is 0 Å². The van der Waals surface area contributed by atoms with Crippen LogP contribution >= 0.6 is 23.2 Å². The summed E-state index contributed by atoms with van der Waals surface area (Å²) in [4.78, 5) is 14.6. The SMILES string of the molecule is COC[C@H](c1cc(Cl)cc(Cl)c1)N1CCC[C@@H](Oc2cc(F)c(C(=O)NS(C)(=O)=O)cc2C2CC2)C1. The Bertz CT molecular complexity index is 1220. The van der Waals surface area contributed by atoms with E-state index in [4.69, 9.17) is 32.7 Å². The first-order valence-corrected chi connectivity index (χ1v) is 14.4. The molecule has 2 aromatic carbocycles. The predicted octanol–water partition coefficient (Wildman–Crippen LogP) is 4.93. The highest BCUT2D eigenvalue weighted by molar-refractivity contribution is 7.89. The summed E-state index contributed by atoms with van der Waals surface area (Å²) in [6, 6.07) is 7.98. The van der Waals surface area contributed by atoms with Crippen molar-refractivity contribution in [2.45, 2.75) is 43.7 Å². The summed E-state index contributed by atoms with van der Waals surface area (Å²) in [6.45, 7) is 1.85. The molecule has 2 aromatic rings. The number of nitrogens with zero attached hydrogens (tertiary/aromatic N) is 1. The molecule has 0 radical (unpaired) electrons. The van der Waals surface area contributed by atoms with Crippen molar-refractivity contribution in [2.75, 3.05) is 33.1 Å².